The molecule has 1 heterocycles. The number of benzene rings is 2. The van der Waals surface area contributed by atoms with Gasteiger partial charge in [-0.3, -0.25) is 9.69 Å². The van der Waals surface area contributed by atoms with Crippen LogP contribution >= 0.6 is 11.6 Å². The largest absolute Gasteiger partial charge is 0.332 e. The molecule has 27 heavy (non-hydrogen) atoms. The van der Waals surface area contributed by atoms with E-state index >= 15 is 0 Å². The Kier molecular flexibility index (Phi) is 5.99. The number of amides is 1. The monoisotopic (exact) mass is 405 g/mol. The highest BCUT2D eigenvalue weighted by molar-refractivity contribution is 7.94. The van der Waals surface area contributed by atoms with Crippen LogP contribution < -0.4 is 10.2 Å². The van der Waals surface area contributed by atoms with Crippen LogP contribution in [0.15, 0.2) is 66.1 Å². The molecule has 1 aliphatic rings. The lowest BCUT2D eigenvalue weighted by Gasteiger charge is -2.27. The summed E-state index contributed by atoms with van der Waals surface area (Å²) in [5.41, 5.74) is 1.65. The van der Waals surface area contributed by atoms with Gasteiger partial charge in [-0.05, 0) is 31.2 Å². The number of rotatable bonds is 6. The van der Waals surface area contributed by atoms with E-state index in [1.807, 2.05) is 66.8 Å². The summed E-state index contributed by atoms with van der Waals surface area (Å²) in [4.78, 5) is 14.6. The van der Waals surface area contributed by atoms with Crippen LogP contribution in [0.25, 0.3) is 0 Å². The molecule has 2 N–H and O–H groups in total. The van der Waals surface area contributed by atoms with Crippen molar-refractivity contribution in [3.8, 4) is 0 Å². The predicted octanol–water partition coefficient (Wildman–Crippen LogP) is 2.31. The lowest BCUT2D eigenvalue weighted by molar-refractivity contribution is -0.682. The Labute approximate surface area is 164 Å². The zero-order chi connectivity index (χ0) is 19.4. The fourth-order valence-corrected chi connectivity index (χ4v) is 4.75. The molecule has 0 aromatic heterocycles. The fourth-order valence-electron chi connectivity index (χ4n) is 3.18. The van der Waals surface area contributed by atoms with Crippen molar-refractivity contribution in [2.24, 2.45) is 0 Å². The number of carbonyl (C=O) groups excluding carboxylic acids is 1. The number of sulfone groups is 1. The summed E-state index contributed by atoms with van der Waals surface area (Å²) in [6.07, 6.45) is 1.58. The SMILES string of the molecule is C[C@H]([NH2+]CC(=O)N(c1ccccc1)[C@@H]1C=CS(=O)(=O)C1)c1ccccc1Cl. The Morgan fingerprint density at radius 2 is 1.85 bits per heavy atom. The van der Waals surface area contributed by atoms with Crippen molar-refractivity contribution < 1.29 is 18.5 Å². The molecule has 0 fully saturated rings. The molecule has 0 radical (unpaired) electrons. The van der Waals surface area contributed by atoms with Crippen molar-refractivity contribution in [3.63, 3.8) is 0 Å². The predicted molar refractivity (Wildman–Crippen MR) is 107 cm³/mol. The first-order valence-corrected chi connectivity index (χ1v) is 10.8. The molecule has 0 aliphatic carbocycles. The minimum absolute atomic E-state index is 0.00289. The average molecular weight is 406 g/mol. The molecule has 2 aromatic rings. The number of para-hydroxylation sites is 1. The molecule has 5 nitrogen and oxygen atoms in total. The van der Waals surface area contributed by atoms with Gasteiger partial charge < -0.3 is 5.32 Å². The van der Waals surface area contributed by atoms with E-state index in [1.54, 1.807) is 11.0 Å². The molecule has 7 heteroatoms. The average Bonchev–Trinajstić information content (AvgIpc) is 3.00. The summed E-state index contributed by atoms with van der Waals surface area (Å²) in [6.45, 7) is 2.17. The molecule has 142 valence electrons. The summed E-state index contributed by atoms with van der Waals surface area (Å²) in [5, 5.41) is 3.77. The summed E-state index contributed by atoms with van der Waals surface area (Å²) in [5.74, 6) is -0.236. The fraction of sp³-hybridized carbons (Fsp3) is 0.250. The third-order valence-electron chi connectivity index (χ3n) is 4.59. The van der Waals surface area contributed by atoms with E-state index in [0.717, 1.165) is 5.56 Å². The summed E-state index contributed by atoms with van der Waals surface area (Å²) >= 11 is 6.24. The topological polar surface area (TPSA) is 71.1 Å². The third-order valence-corrected chi connectivity index (χ3v) is 6.31. The van der Waals surface area contributed by atoms with Crippen LogP contribution in [0, 0.1) is 0 Å². The number of nitrogens with zero attached hydrogens (tertiary/aromatic N) is 1. The second-order valence-electron chi connectivity index (χ2n) is 6.57. The Morgan fingerprint density at radius 3 is 2.48 bits per heavy atom. The van der Waals surface area contributed by atoms with E-state index in [9.17, 15) is 13.2 Å². The second-order valence-corrected chi connectivity index (χ2v) is 8.91. The van der Waals surface area contributed by atoms with Gasteiger partial charge in [0.15, 0.2) is 16.4 Å². The van der Waals surface area contributed by atoms with Crippen molar-refractivity contribution >= 4 is 33.0 Å². The lowest BCUT2D eigenvalue weighted by atomic mass is 10.1. The summed E-state index contributed by atoms with van der Waals surface area (Å²) < 4.78 is 23.7. The third kappa shape index (κ3) is 4.77. The van der Waals surface area contributed by atoms with Gasteiger partial charge in [0.05, 0.1) is 11.8 Å². The van der Waals surface area contributed by atoms with Crippen molar-refractivity contribution in [1.82, 2.24) is 0 Å². The highest BCUT2D eigenvalue weighted by Crippen LogP contribution is 2.23. The van der Waals surface area contributed by atoms with Gasteiger partial charge in [-0.15, -0.1) is 0 Å². The zero-order valence-electron chi connectivity index (χ0n) is 15.0. The van der Waals surface area contributed by atoms with Gasteiger partial charge in [0.1, 0.15) is 6.04 Å². The standard InChI is InChI=1S/C20H21ClN2O3S/c1-15(18-9-5-6-10-19(18)21)22-13-20(24)23(16-7-3-2-4-8-16)17-11-12-27(25,26)14-17/h2-12,15,17,22H,13-14H2,1H3/p+1/t15-,17+/m0/s1. The van der Waals surface area contributed by atoms with E-state index < -0.39 is 15.9 Å². The minimum atomic E-state index is -3.26. The van der Waals surface area contributed by atoms with Crippen molar-refractivity contribution in [2.75, 3.05) is 17.2 Å². The van der Waals surface area contributed by atoms with Crippen LogP contribution in [0.5, 0.6) is 0 Å². The maximum absolute atomic E-state index is 13.0. The van der Waals surface area contributed by atoms with Crippen LogP contribution in [-0.2, 0) is 14.6 Å². The highest BCUT2D eigenvalue weighted by Gasteiger charge is 2.32. The van der Waals surface area contributed by atoms with Crippen LogP contribution in [0.3, 0.4) is 0 Å². The van der Waals surface area contributed by atoms with E-state index in [4.69, 9.17) is 11.6 Å². The Bertz CT molecular complexity index is 945. The molecule has 0 unspecified atom stereocenters. The molecule has 2 atom stereocenters. The quantitative estimate of drug-likeness (QED) is 0.801. The van der Waals surface area contributed by atoms with Gasteiger partial charge >= 0.3 is 0 Å². The second kappa shape index (κ2) is 8.25. The van der Waals surface area contributed by atoms with E-state index in [0.29, 0.717) is 10.7 Å². The number of hydrogen-bond acceptors (Lipinski definition) is 3. The molecule has 1 amide bonds. The molecule has 1 aliphatic heterocycles. The maximum atomic E-state index is 13.0. The van der Waals surface area contributed by atoms with Gasteiger partial charge in [-0.2, -0.15) is 0 Å². The zero-order valence-corrected chi connectivity index (χ0v) is 16.5. The van der Waals surface area contributed by atoms with Gasteiger partial charge in [0.25, 0.3) is 5.91 Å². The van der Waals surface area contributed by atoms with Gasteiger partial charge in [-0.1, -0.05) is 48.0 Å². The van der Waals surface area contributed by atoms with Gasteiger partial charge in [0.2, 0.25) is 0 Å². The molecule has 3 rings (SSSR count). The van der Waals surface area contributed by atoms with Crippen molar-refractivity contribution in [3.05, 3.63) is 76.7 Å². The maximum Gasteiger partial charge on any atom is 0.282 e. The lowest BCUT2D eigenvalue weighted by Crippen LogP contribution is -2.87. The first-order valence-electron chi connectivity index (χ1n) is 8.73. The summed E-state index contributed by atoms with van der Waals surface area (Å²) in [7, 11) is -3.26. The Balaban J connectivity index is 1.76. The smallest absolute Gasteiger partial charge is 0.282 e. The molecule has 0 spiro atoms. The molecule has 0 saturated carbocycles. The number of anilines is 1. The van der Waals surface area contributed by atoms with E-state index in [-0.39, 0.29) is 24.2 Å². The molecular weight excluding hydrogens is 384 g/mol. The first kappa shape index (κ1) is 19.6. The van der Waals surface area contributed by atoms with E-state index in [1.165, 1.54) is 5.41 Å². The van der Waals surface area contributed by atoms with Crippen molar-refractivity contribution in [1.29, 1.82) is 0 Å². The van der Waals surface area contributed by atoms with E-state index in [2.05, 4.69) is 0 Å². The van der Waals surface area contributed by atoms with Crippen LogP contribution in [0.2, 0.25) is 5.02 Å². The molecule has 0 saturated heterocycles. The number of carbonyl (C=O) groups is 1. The highest BCUT2D eigenvalue weighted by atomic mass is 35.5. The summed E-state index contributed by atoms with van der Waals surface area (Å²) in [6, 6.07) is 16.2. The molecular formula is C20H22ClN2O3S+. The van der Waals surface area contributed by atoms with Gasteiger partial charge in [0, 0.05) is 21.7 Å². The normalized spacial score (nSPS) is 19.0. The van der Waals surface area contributed by atoms with Crippen molar-refractivity contribution in [2.45, 2.75) is 19.0 Å². The Morgan fingerprint density at radius 1 is 1.19 bits per heavy atom. The molecule has 0 bridgehead atoms. The number of nitrogens with two attached hydrogens (primary N) is 1. The molecule has 2 aromatic carbocycles. The van der Waals surface area contributed by atoms with Gasteiger partial charge in [-0.25, -0.2) is 8.42 Å². The van der Waals surface area contributed by atoms with Crippen LogP contribution in [0.1, 0.15) is 18.5 Å². The first-order chi connectivity index (χ1) is 12.9. The van der Waals surface area contributed by atoms with Crippen LogP contribution in [-0.4, -0.2) is 32.7 Å². The number of halogens is 1. The number of hydrogen-bond donors (Lipinski definition) is 1. The van der Waals surface area contributed by atoms with Crippen LogP contribution in [0.4, 0.5) is 5.69 Å². The Hall–Kier alpha value is -2.15. The number of quaternary nitrogens is 1. The minimum Gasteiger partial charge on any atom is -0.332 e.